The van der Waals surface area contributed by atoms with Crippen LogP contribution in [0, 0.1) is 0 Å². The van der Waals surface area contributed by atoms with Gasteiger partial charge in [-0.2, -0.15) is 0 Å². The lowest BCUT2D eigenvalue weighted by atomic mass is 9.74. The third kappa shape index (κ3) is 2.69. The quantitative estimate of drug-likeness (QED) is 0.522. The van der Waals surface area contributed by atoms with Crippen LogP contribution in [0.2, 0.25) is 5.82 Å². The lowest BCUT2D eigenvalue weighted by Crippen LogP contribution is -2.11. The molecule has 0 amide bonds. The minimum absolute atomic E-state index is 0.764. The van der Waals surface area contributed by atoms with Crippen LogP contribution in [0.15, 0.2) is 0 Å². The molecule has 0 aromatic heterocycles. The molecular weight excluding hydrogens is 84.9 g/mol. The zero-order chi connectivity index (χ0) is 5.70. The molecule has 0 aromatic rings. The Kier molecular flexibility index (Phi) is 4.21. The van der Waals surface area contributed by atoms with Crippen LogP contribution in [0.4, 0.5) is 0 Å². The van der Waals surface area contributed by atoms with Gasteiger partial charge in [0.05, 0.1) is 0 Å². The van der Waals surface area contributed by atoms with E-state index in [4.69, 9.17) is 5.64 Å². The van der Waals surface area contributed by atoms with Crippen LogP contribution in [0.3, 0.4) is 0 Å². The first-order valence-electron chi connectivity index (χ1n) is 3.05. The Balaban J connectivity index is 2.99. The molecule has 0 atom stereocenters. The molecule has 0 radical (unpaired) electrons. The van der Waals surface area contributed by atoms with Gasteiger partial charge in [-0.05, 0) is 0 Å². The normalized spacial score (nSPS) is 9.71. The minimum Gasteiger partial charge on any atom is -0.373 e. The van der Waals surface area contributed by atoms with Crippen molar-refractivity contribution in [1.82, 2.24) is 0 Å². The van der Waals surface area contributed by atoms with Crippen molar-refractivity contribution < 1.29 is 0 Å². The summed E-state index contributed by atoms with van der Waals surface area (Å²) in [6.45, 7) is 4.36. The summed E-state index contributed by atoms with van der Waals surface area (Å²) in [5, 5.41) is 0. The molecule has 0 heterocycles. The maximum atomic E-state index is 5.39. The number of hydrogen-bond acceptors (Lipinski definition) is 1. The standard InChI is InChI=1S/C5H14BN/c1-3-5(4-2)6-7/h5-6H,3-4,7H2,1-2H3. The summed E-state index contributed by atoms with van der Waals surface area (Å²) in [6.07, 6.45) is 2.46. The van der Waals surface area contributed by atoms with Crippen LogP contribution in [0.25, 0.3) is 0 Å². The summed E-state index contributed by atoms with van der Waals surface area (Å²) < 4.78 is 0. The van der Waals surface area contributed by atoms with Crippen molar-refractivity contribution in [3.8, 4) is 0 Å². The second kappa shape index (κ2) is 4.19. The molecule has 0 saturated carbocycles. The lowest BCUT2D eigenvalue weighted by Gasteiger charge is -2.03. The second-order valence-electron chi connectivity index (χ2n) is 1.92. The monoisotopic (exact) mass is 99.1 g/mol. The van der Waals surface area contributed by atoms with Crippen LogP contribution in [0.5, 0.6) is 0 Å². The maximum Gasteiger partial charge on any atom is 0.201 e. The number of rotatable bonds is 3. The molecule has 0 aliphatic heterocycles. The van der Waals surface area contributed by atoms with Crippen LogP contribution in [-0.2, 0) is 0 Å². The predicted octanol–water partition coefficient (Wildman–Crippen LogP) is 0.905. The first-order chi connectivity index (χ1) is 3.35. The van der Waals surface area contributed by atoms with Crippen molar-refractivity contribution in [3.63, 3.8) is 0 Å². The molecule has 2 N–H and O–H groups in total. The first-order valence-corrected chi connectivity index (χ1v) is 3.05. The third-order valence-corrected chi connectivity index (χ3v) is 1.49. The van der Waals surface area contributed by atoms with Gasteiger partial charge >= 0.3 is 0 Å². The molecule has 1 nitrogen and oxygen atoms in total. The molecular formula is C5H14BN. The van der Waals surface area contributed by atoms with Gasteiger partial charge in [0, 0.05) is 0 Å². The smallest absolute Gasteiger partial charge is 0.201 e. The molecule has 0 bridgehead atoms. The highest BCUT2D eigenvalue weighted by molar-refractivity contribution is 6.33. The summed E-state index contributed by atoms with van der Waals surface area (Å²) >= 11 is 0. The fourth-order valence-corrected chi connectivity index (χ4v) is 0.622. The van der Waals surface area contributed by atoms with Gasteiger partial charge in [-0.3, -0.25) is 0 Å². The molecule has 0 rings (SSSR count). The highest BCUT2D eigenvalue weighted by Gasteiger charge is 1.98. The van der Waals surface area contributed by atoms with E-state index in [1.165, 1.54) is 12.8 Å². The van der Waals surface area contributed by atoms with Crippen molar-refractivity contribution in [2.24, 2.45) is 5.64 Å². The summed E-state index contributed by atoms with van der Waals surface area (Å²) in [6, 6.07) is 0. The Morgan fingerprint density at radius 2 is 1.86 bits per heavy atom. The molecule has 0 fully saturated rings. The Morgan fingerprint density at radius 3 is 1.86 bits per heavy atom. The molecule has 0 aromatic carbocycles. The van der Waals surface area contributed by atoms with Crippen LogP contribution < -0.4 is 5.64 Å². The fourth-order valence-electron chi connectivity index (χ4n) is 0.622. The van der Waals surface area contributed by atoms with Crippen LogP contribution >= 0.6 is 0 Å². The van der Waals surface area contributed by atoms with Gasteiger partial charge in [-0.1, -0.05) is 32.5 Å². The summed E-state index contributed by atoms with van der Waals surface area (Å²) in [7, 11) is 0.854. The SMILES string of the molecule is CCC(BN)CC. The molecule has 0 aliphatic carbocycles. The van der Waals surface area contributed by atoms with Crippen molar-refractivity contribution >= 4 is 7.41 Å². The van der Waals surface area contributed by atoms with E-state index in [2.05, 4.69) is 13.8 Å². The van der Waals surface area contributed by atoms with Crippen molar-refractivity contribution in [1.29, 1.82) is 0 Å². The molecule has 7 heavy (non-hydrogen) atoms. The van der Waals surface area contributed by atoms with Crippen molar-refractivity contribution in [2.75, 3.05) is 0 Å². The number of hydrogen-bond donors (Lipinski definition) is 1. The molecule has 42 valence electrons. The minimum atomic E-state index is 0.764. The van der Waals surface area contributed by atoms with E-state index in [9.17, 15) is 0 Å². The number of nitrogens with two attached hydrogens (primary N) is 1. The van der Waals surface area contributed by atoms with Gasteiger partial charge in [0.15, 0.2) is 0 Å². The zero-order valence-electron chi connectivity index (χ0n) is 5.28. The molecule has 0 spiro atoms. The van der Waals surface area contributed by atoms with Gasteiger partial charge in [0.2, 0.25) is 7.41 Å². The first kappa shape index (κ1) is 7.02. The Morgan fingerprint density at radius 1 is 1.43 bits per heavy atom. The van der Waals surface area contributed by atoms with Gasteiger partial charge in [0.25, 0.3) is 0 Å². The van der Waals surface area contributed by atoms with Gasteiger partial charge in [-0.25, -0.2) is 0 Å². The molecule has 0 saturated heterocycles. The van der Waals surface area contributed by atoms with E-state index in [-0.39, 0.29) is 0 Å². The van der Waals surface area contributed by atoms with E-state index in [1.54, 1.807) is 0 Å². The highest BCUT2D eigenvalue weighted by atomic mass is 14.4. The van der Waals surface area contributed by atoms with Gasteiger partial charge in [0.1, 0.15) is 0 Å². The molecule has 0 aliphatic rings. The Labute approximate surface area is 46.5 Å². The summed E-state index contributed by atoms with van der Waals surface area (Å²) in [5.41, 5.74) is 5.39. The average molecular weight is 99.0 g/mol. The lowest BCUT2D eigenvalue weighted by molar-refractivity contribution is 0.758. The molecule has 2 heteroatoms. The fraction of sp³-hybridized carbons (Fsp3) is 1.00. The van der Waals surface area contributed by atoms with E-state index >= 15 is 0 Å². The topological polar surface area (TPSA) is 26.0 Å². The highest BCUT2D eigenvalue weighted by Crippen LogP contribution is 2.09. The second-order valence-corrected chi connectivity index (χ2v) is 1.92. The average Bonchev–Trinajstić information content (AvgIpc) is 1.72. The largest absolute Gasteiger partial charge is 0.373 e. The third-order valence-electron chi connectivity index (χ3n) is 1.49. The predicted molar refractivity (Wildman–Crippen MR) is 35.7 cm³/mol. The van der Waals surface area contributed by atoms with E-state index in [0.29, 0.717) is 0 Å². The van der Waals surface area contributed by atoms with E-state index in [1.807, 2.05) is 0 Å². The molecule has 0 unspecified atom stereocenters. The summed E-state index contributed by atoms with van der Waals surface area (Å²) in [4.78, 5) is 0. The van der Waals surface area contributed by atoms with Crippen LogP contribution in [0.1, 0.15) is 26.7 Å². The van der Waals surface area contributed by atoms with Crippen LogP contribution in [-0.4, -0.2) is 7.41 Å². The van der Waals surface area contributed by atoms with E-state index < -0.39 is 0 Å². The van der Waals surface area contributed by atoms with E-state index in [0.717, 1.165) is 13.2 Å². The van der Waals surface area contributed by atoms with Gasteiger partial charge < -0.3 is 5.64 Å². The van der Waals surface area contributed by atoms with Crippen molar-refractivity contribution in [3.05, 3.63) is 0 Å². The zero-order valence-corrected chi connectivity index (χ0v) is 5.28. The Hall–Kier alpha value is 0.0249. The van der Waals surface area contributed by atoms with Crippen molar-refractivity contribution in [2.45, 2.75) is 32.5 Å². The van der Waals surface area contributed by atoms with Gasteiger partial charge in [-0.15, -0.1) is 0 Å². The summed E-state index contributed by atoms with van der Waals surface area (Å²) in [5.74, 6) is 0.764. The maximum absolute atomic E-state index is 5.39. The Bertz CT molecular complexity index is 29.6.